The molecule has 0 heterocycles. The van der Waals surface area contributed by atoms with Crippen molar-refractivity contribution in [3.05, 3.63) is 59.7 Å². The third-order valence-corrected chi connectivity index (χ3v) is 4.32. The minimum Gasteiger partial charge on any atom is -0.461 e. The lowest BCUT2D eigenvalue weighted by Crippen LogP contribution is -2.87. The average Bonchev–Trinajstić information content (AvgIpc) is 2.87. The Bertz CT molecular complexity index is 648. The fourth-order valence-corrected chi connectivity index (χ4v) is 3.21. The quantitative estimate of drug-likeness (QED) is 0.833. The molecular weight excluding hydrogens is 286 g/mol. The summed E-state index contributed by atoms with van der Waals surface area (Å²) >= 11 is 0. The molecule has 0 radical (unpaired) electrons. The summed E-state index contributed by atoms with van der Waals surface area (Å²) < 4.78 is 5.55. The van der Waals surface area contributed by atoms with Gasteiger partial charge in [0.2, 0.25) is 0 Å². The summed E-state index contributed by atoms with van der Waals surface area (Å²) in [6, 6.07) is 16.8. The lowest BCUT2D eigenvalue weighted by Gasteiger charge is -2.14. The van der Waals surface area contributed by atoms with Crippen molar-refractivity contribution in [2.45, 2.75) is 19.8 Å². The highest BCUT2D eigenvalue weighted by atomic mass is 16.5. The van der Waals surface area contributed by atoms with Crippen LogP contribution >= 0.6 is 0 Å². The van der Waals surface area contributed by atoms with Gasteiger partial charge in [0.1, 0.15) is 6.61 Å². The van der Waals surface area contributed by atoms with Gasteiger partial charge in [-0.1, -0.05) is 62.4 Å². The van der Waals surface area contributed by atoms with Crippen LogP contribution in [0.3, 0.4) is 0 Å². The fourth-order valence-electron chi connectivity index (χ4n) is 3.21. The molecule has 0 aliphatic heterocycles. The SMILES string of the molecule is CC(C)C[NH2+]CC(=O)OCC1c2ccccc2-c2ccccc21. The zero-order chi connectivity index (χ0) is 16.2. The summed E-state index contributed by atoms with van der Waals surface area (Å²) in [6.07, 6.45) is 0. The van der Waals surface area contributed by atoms with Crippen molar-refractivity contribution in [1.82, 2.24) is 0 Å². The normalized spacial score (nSPS) is 13.0. The number of carbonyl (C=O) groups excluding carboxylic acids is 1. The first-order chi connectivity index (χ1) is 11.2. The summed E-state index contributed by atoms with van der Waals surface area (Å²) in [7, 11) is 0. The maximum absolute atomic E-state index is 12.0. The fraction of sp³-hybridized carbons (Fsp3) is 0.350. The van der Waals surface area contributed by atoms with E-state index in [1.165, 1.54) is 22.3 Å². The van der Waals surface area contributed by atoms with E-state index in [-0.39, 0.29) is 11.9 Å². The molecule has 0 fully saturated rings. The summed E-state index contributed by atoms with van der Waals surface area (Å²) in [5.41, 5.74) is 5.03. The van der Waals surface area contributed by atoms with Gasteiger partial charge in [0.15, 0.2) is 6.54 Å². The molecule has 1 aliphatic rings. The van der Waals surface area contributed by atoms with Gasteiger partial charge in [-0.05, 0) is 22.3 Å². The number of rotatable bonds is 6. The number of nitrogens with two attached hydrogens (primary N) is 1. The highest BCUT2D eigenvalue weighted by Gasteiger charge is 2.29. The monoisotopic (exact) mass is 310 g/mol. The Labute approximate surface area is 137 Å². The van der Waals surface area contributed by atoms with Crippen LogP contribution in [0.5, 0.6) is 0 Å². The van der Waals surface area contributed by atoms with Crippen LogP contribution < -0.4 is 5.32 Å². The van der Waals surface area contributed by atoms with E-state index in [1.807, 2.05) is 5.32 Å². The first kappa shape index (κ1) is 15.8. The molecule has 0 aromatic heterocycles. The molecule has 2 N–H and O–H groups in total. The Morgan fingerprint density at radius 3 is 2.17 bits per heavy atom. The molecule has 0 atom stereocenters. The van der Waals surface area contributed by atoms with E-state index in [2.05, 4.69) is 62.4 Å². The van der Waals surface area contributed by atoms with Crippen LogP contribution in [-0.4, -0.2) is 25.7 Å². The smallest absolute Gasteiger partial charge is 0.361 e. The highest BCUT2D eigenvalue weighted by molar-refractivity contribution is 5.79. The number of quaternary nitrogens is 1. The second-order valence-corrected chi connectivity index (χ2v) is 6.53. The number of fused-ring (bicyclic) bond motifs is 3. The van der Waals surface area contributed by atoms with Gasteiger partial charge in [0, 0.05) is 11.8 Å². The number of ether oxygens (including phenoxy) is 1. The predicted molar refractivity (Wildman–Crippen MR) is 91.2 cm³/mol. The molecule has 3 rings (SSSR count). The second kappa shape index (κ2) is 6.97. The topological polar surface area (TPSA) is 42.9 Å². The van der Waals surface area contributed by atoms with Crippen molar-refractivity contribution in [3.8, 4) is 11.1 Å². The zero-order valence-electron chi connectivity index (χ0n) is 13.8. The van der Waals surface area contributed by atoms with E-state index in [0.717, 1.165) is 6.54 Å². The maximum Gasteiger partial charge on any atom is 0.361 e. The summed E-state index contributed by atoms with van der Waals surface area (Å²) in [5, 5.41) is 2.02. The zero-order valence-corrected chi connectivity index (χ0v) is 13.8. The largest absolute Gasteiger partial charge is 0.461 e. The molecule has 0 amide bonds. The minimum absolute atomic E-state index is 0.132. The van der Waals surface area contributed by atoms with Gasteiger partial charge in [-0.2, -0.15) is 0 Å². The number of hydrogen-bond donors (Lipinski definition) is 1. The molecular formula is C20H24NO2+. The van der Waals surface area contributed by atoms with E-state index < -0.39 is 0 Å². The molecule has 3 heteroatoms. The molecule has 23 heavy (non-hydrogen) atoms. The Balaban J connectivity index is 1.67. The van der Waals surface area contributed by atoms with Gasteiger partial charge in [0.25, 0.3) is 0 Å². The summed E-state index contributed by atoms with van der Waals surface area (Å²) in [4.78, 5) is 12.0. The summed E-state index contributed by atoms with van der Waals surface area (Å²) in [5.74, 6) is 0.598. The van der Waals surface area contributed by atoms with Crippen LogP contribution in [-0.2, 0) is 9.53 Å². The predicted octanol–water partition coefficient (Wildman–Crippen LogP) is 2.56. The van der Waals surface area contributed by atoms with Crippen LogP contribution in [0.4, 0.5) is 0 Å². The van der Waals surface area contributed by atoms with Crippen molar-refractivity contribution in [2.75, 3.05) is 19.7 Å². The number of hydrogen-bond acceptors (Lipinski definition) is 2. The lowest BCUT2D eigenvalue weighted by atomic mass is 9.98. The van der Waals surface area contributed by atoms with E-state index in [9.17, 15) is 4.79 Å². The van der Waals surface area contributed by atoms with Crippen LogP contribution in [0.15, 0.2) is 48.5 Å². The highest BCUT2D eigenvalue weighted by Crippen LogP contribution is 2.44. The van der Waals surface area contributed by atoms with E-state index in [4.69, 9.17) is 4.74 Å². The van der Waals surface area contributed by atoms with Gasteiger partial charge in [-0.25, -0.2) is 4.79 Å². The first-order valence-corrected chi connectivity index (χ1v) is 8.32. The van der Waals surface area contributed by atoms with Crippen LogP contribution in [0.1, 0.15) is 30.9 Å². The van der Waals surface area contributed by atoms with Gasteiger partial charge in [-0.15, -0.1) is 0 Å². The molecule has 0 saturated heterocycles. The molecule has 2 aromatic rings. The Morgan fingerprint density at radius 2 is 1.61 bits per heavy atom. The molecule has 120 valence electrons. The van der Waals surface area contributed by atoms with Crippen molar-refractivity contribution in [3.63, 3.8) is 0 Å². The second-order valence-electron chi connectivity index (χ2n) is 6.53. The van der Waals surface area contributed by atoms with E-state index >= 15 is 0 Å². The van der Waals surface area contributed by atoms with E-state index in [1.54, 1.807) is 0 Å². The van der Waals surface area contributed by atoms with Crippen molar-refractivity contribution in [2.24, 2.45) is 5.92 Å². The Hall–Kier alpha value is -2.13. The van der Waals surface area contributed by atoms with E-state index in [0.29, 0.717) is 19.1 Å². The number of esters is 1. The third-order valence-electron chi connectivity index (χ3n) is 4.32. The van der Waals surface area contributed by atoms with Crippen molar-refractivity contribution in [1.29, 1.82) is 0 Å². The van der Waals surface area contributed by atoms with Crippen LogP contribution in [0, 0.1) is 5.92 Å². The summed E-state index contributed by atoms with van der Waals surface area (Å²) in [6.45, 7) is 6.06. The van der Waals surface area contributed by atoms with Crippen molar-refractivity contribution < 1.29 is 14.8 Å². The number of benzene rings is 2. The first-order valence-electron chi connectivity index (χ1n) is 8.32. The standard InChI is InChI=1S/C20H23NO2/c1-14(2)11-21-12-20(22)23-13-19-17-9-5-3-7-15(17)16-8-4-6-10-18(16)19/h3-10,14,19,21H,11-13H2,1-2H3/p+1. The maximum atomic E-state index is 12.0. The third kappa shape index (κ3) is 3.45. The van der Waals surface area contributed by atoms with Gasteiger partial charge in [0.05, 0.1) is 6.54 Å². The minimum atomic E-state index is -0.132. The van der Waals surface area contributed by atoms with Gasteiger partial charge in [-0.3, -0.25) is 0 Å². The molecule has 1 aliphatic carbocycles. The molecule has 3 nitrogen and oxygen atoms in total. The average molecular weight is 310 g/mol. The van der Waals surface area contributed by atoms with Crippen LogP contribution in [0.25, 0.3) is 11.1 Å². The molecule has 0 spiro atoms. The molecule has 0 saturated carbocycles. The van der Waals surface area contributed by atoms with Crippen LogP contribution in [0.2, 0.25) is 0 Å². The lowest BCUT2D eigenvalue weighted by molar-refractivity contribution is -0.650. The Kier molecular flexibility index (Phi) is 4.77. The molecule has 0 bridgehead atoms. The van der Waals surface area contributed by atoms with Crippen molar-refractivity contribution >= 4 is 5.97 Å². The van der Waals surface area contributed by atoms with Gasteiger partial charge < -0.3 is 10.1 Å². The molecule has 2 aromatic carbocycles. The number of carbonyl (C=O) groups is 1. The Morgan fingerprint density at radius 1 is 1.04 bits per heavy atom. The van der Waals surface area contributed by atoms with Gasteiger partial charge >= 0.3 is 5.97 Å². The molecule has 0 unspecified atom stereocenters.